The number of ether oxygens (including phenoxy) is 1. The van der Waals surface area contributed by atoms with Crippen molar-refractivity contribution in [2.45, 2.75) is 26.2 Å². The van der Waals surface area contributed by atoms with Gasteiger partial charge >= 0.3 is 0 Å². The summed E-state index contributed by atoms with van der Waals surface area (Å²) in [7, 11) is 1.68. The lowest BCUT2D eigenvalue weighted by Crippen LogP contribution is -2.10. The Bertz CT molecular complexity index is 280. The van der Waals surface area contributed by atoms with E-state index >= 15 is 0 Å². The van der Waals surface area contributed by atoms with E-state index in [0.29, 0.717) is 6.61 Å². The molecule has 1 rings (SSSR count). The Labute approximate surface area is 88.7 Å². The van der Waals surface area contributed by atoms with Crippen LogP contribution in [0.4, 0.5) is 5.13 Å². The zero-order valence-electron chi connectivity index (χ0n) is 9.13. The molecule has 80 valence electrons. The fraction of sp³-hybridized carbons (Fsp3) is 0.778. The Morgan fingerprint density at radius 1 is 1.36 bits per heavy atom. The zero-order valence-corrected chi connectivity index (χ0v) is 9.94. The van der Waals surface area contributed by atoms with Crippen molar-refractivity contribution in [1.82, 2.24) is 10.2 Å². The molecule has 0 spiro atoms. The second-order valence-corrected chi connectivity index (χ2v) is 5.06. The van der Waals surface area contributed by atoms with Crippen LogP contribution in [0.1, 0.15) is 25.8 Å². The number of nitrogens with one attached hydrogen (secondary N) is 1. The highest BCUT2D eigenvalue weighted by Crippen LogP contribution is 2.27. The van der Waals surface area contributed by atoms with Gasteiger partial charge in [0.2, 0.25) is 5.13 Å². The van der Waals surface area contributed by atoms with Crippen molar-refractivity contribution in [3.05, 3.63) is 5.01 Å². The first-order valence-electron chi connectivity index (χ1n) is 4.61. The van der Waals surface area contributed by atoms with E-state index in [4.69, 9.17) is 4.74 Å². The molecule has 1 aromatic rings. The van der Waals surface area contributed by atoms with E-state index in [1.807, 2.05) is 0 Å². The summed E-state index contributed by atoms with van der Waals surface area (Å²) in [5.74, 6) is 0. The first-order chi connectivity index (χ1) is 6.54. The highest BCUT2D eigenvalue weighted by atomic mass is 32.1. The van der Waals surface area contributed by atoms with Crippen LogP contribution in [0.25, 0.3) is 0 Å². The lowest BCUT2D eigenvalue weighted by atomic mass is 9.98. The molecule has 0 aliphatic carbocycles. The standard InChI is InChI=1S/C9H17N3OS/c1-9(2,3)7-11-12-8(14-7)10-5-6-13-4/h5-6H2,1-4H3,(H,10,12). The second kappa shape index (κ2) is 4.70. The predicted octanol–water partition coefficient (Wildman–Crippen LogP) is 1.89. The average molecular weight is 215 g/mol. The van der Waals surface area contributed by atoms with Crippen molar-refractivity contribution in [2.75, 3.05) is 25.6 Å². The van der Waals surface area contributed by atoms with E-state index in [-0.39, 0.29) is 5.41 Å². The summed E-state index contributed by atoms with van der Waals surface area (Å²) in [5, 5.41) is 13.3. The van der Waals surface area contributed by atoms with Gasteiger partial charge in [-0.15, -0.1) is 10.2 Å². The lowest BCUT2D eigenvalue weighted by Gasteiger charge is -2.12. The van der Waals surface area contributed by atoms with Gasteiger partial charge in [0.1, 0.15) is 5.01 Å². The summed E-state index contributed by atoms with van der Waals surface area (Å²) in [6.45, 7) is 7.85. The van der Waals surface area contributed by atoms with Crippen LogP contribution < -0.4 is 5.32 Å². The third-order valence-corrected chi connectivity index (χ3v) is 2.96. The minimum atomic E-state index is 0.0822. The van der Waals surface area contributed by atoms with Crippen LogP contribution in [0.2, 0.25) is 0 Å². The maximum Gasteiger partial charge on any atom is 0.205 e. The van der Waals surface area contributed by atoms with Gasteiger partial charge in [0.25, 0.3) is 0 Å². The van der Waals surface area contributed by atoms with Crippen molar-refractivity contribution in [1.29, 1.82) is 0 Å². The highest BCUT2D eigenvalue weighted by molar-refractivity contribution is 7.15. The molecule has 0 radical (unpaired) electrons. The first-order valence-corrected chi connectivity index (χ1v) is 5.42. The van der Waals surface area contributed by atoms with E-state index < -0.39 is 0 Å². The molecule has 0 bridgehead atoms. The summed E-state index contributed by atoms with van der Waals surface area (Å²) in [5.41, 5.74) is 0.0822. The Kier molecular flexibility index (Phi) is 3.83. The van der Waals surface area contributed by atoms with Crippen LogP contribution >= 0.6 is 11.3 Å². The largest absolute Gasteiger partial charge is 0.383 e. The third-order valence-electron chi connectivity index (χ3n) is 1.65. The molecule has 1 aromatic heterocycles. The Morgan fingerprint density at radius 2 is 2.07 bits per heavy atom. The predicted molar refractivity (Wildman–Crippen MR) is 59.0 cm³/mol. The van der Waals surface area contributed by atoms with Crippen LogP contribution in [0.5, 0.6) is 0 Å². The topological polar surface area (TPSA) is 47.0 Å². The van der Waals surface area contributed by atoms with Crippen LogP contribution in [0, 0.1) is 0 Å². The second-order valence-electron chi connectivity index (χ2n) is 4.08. The van der Waals surface area contributed by atoms with Crippen LogP contribution in [-0.2, 0) is 10.2 Å². The summed E-state index contributed by atoms with van der Waals surface area (Å²) < 4.78 is 4.93. The monoisotopic (exact) mass is 215 g/mol. The van der Waals surface area contributed by atoms with Crippen LogP contribution in [-0.4, -0.2) is 30.5 Å². The molecule has 0 unspecified atom stereocenters. The number of anilines is 1. The molecule has 0 saturated carbocycles. The third kappa shape index (κ3) is 3.23. The number of hydrogen-bond donors (Lipinski definition) is 1. The molecular weight excluding hydrogens is 198 g/mol. The number of aromatic nitrogens is 2. The molecule has 0 aromatic carbocycles. The number of rotatable bonds is 4. The molecule has 4 nitrogen and oxygen atoms in total. The molecule has 0 aliphatic rings. The SMILES string of the molecule is COCCNc1nnc(C(C)(C)C)s1. The van der Waals surface area contributed by atoms with Gasteiger partial charge in [-0.3, -0.25) is 0 Å². The summed E-state index contributed by atoms with van der Waals surface area (Å²) >= 11 is 1.60. The molecule has 0 atom stereocenters. The zero-order chi connectivity index (χ0) is 10.6. The van der Waals surface area contributed by atoms with Crippen molar-refractivity contribution in [2.24, 2.45) is 0 Å². The van der Waals surface area contributed by atoms with Gasteiger partial charge in [-0.1, -0.05) is 32.1 Å². The molecule has 0 saturated heterocycles. The fourth-order valence-electron chi connectivity index (χ4n) is 0.858. The van der Waals surface area contributed by atoms with Gasteiger partial charge < -0.3 is 10.1 Å². The smallest absolute Gasteiger partial charge is 0.205 e. The Morgan fingerprint density at radius 3 is 2.57 bits per heavy atom. The quantitative estimate of drug-likeness (QED) is 0.779. The molecule has 1 heterocycles. The van der Waals surface area contributed by atoms with Gasteiger partial charge in [-0.05, 0) is 0 Å². The van der Waals surface area contributed by atoms with Gasteiger partial charge in [-0.25, -0.2) is 0 Å². The van der Waals surface area contributed by atoms with Crippen molar-refractivity contribution in [3.8, 4) is 0 Å². The van der Waals surface area contributed by atoms with E-state index in [0.717, 1.165) is 16.7 Å². The minimum absolute atomic E-state index is 0.0822. The summed E-state index contributed by atoms with van der Waals surface area (Å²) in [6.07, 6.45) is 0. The Hall–Kier alpha value is -0.680. The molecule has 0 aliphatic heterocycles. The maximum absolute atomic E-state index is 4.93. The minimum Gasteiger partial charge on any atom is -0.383 e. The molecule has 14 heavy (non-hydrogen) atoms. The maximum atomic E-state index is 4.93. The van der Waals surface area contributed by atoms with Crippen LogP contribution in [0.15, 0.2) is 0 Å². The van der Waals surface area contributed by atoms with Gasteiger partial charge in [-0.2, -0.15) is 0 Å². The van der Waals surface area contributed by atoms with E-state index in [1.165, 1.54) is 0 Å². The van der Waals surface area contributed by atoms with Gasteiger partial charge in [0.15, 0.2) is 0 Å². The lowest BCUT2D eigenvalue weighted by molar-refractivity contribution is 0.211. The van der Waals surface area contributed by atoms with E-state index in [2.05, 4.69) is 36.3 Å². The first kappa shape index (κ1) is 11.4. The highest BCUT2D eigenvalue weighted by Gasteiger charge is 2.18. The molecule has 5 heteroatoms. The molecule has 0 amide bonds. The molecule has 1 N–H and O–H groups in total. The fourth-order valence-corrected chi connectivity index (χ4v) is 1.68. The number of methoxy groups -OCH3 is 1. The van der Waals surface area contributed by atoms with Crippen molar-refractivity contribution >= 4 is 16.5 Å². The van der Waals surface area contributed by atoms with Crippen molar-refractivity contribution in [3.63, 3.8) is 0 Å². The number of nitrogens with zero attached hydrogens (tertiary/aromatic N) is 2. The molecule has 0 fully saturated rings. The van der Waals surface area contributed by atoms with E-state index in [1.54, 1.807) is 18.4 Å². The number of hydrogen-bond acceptors (Lipinski definition) is 5. The summed E-state index contributed by atoms with van der Waals surface area (Å²) in [4.78, 5) is 0. The summed E-state index contributed by atoms with van der Waals surface area (Å²) in [6, 6.07) is 0. The average Bonchev–Trinajstić information content (AvgIpc) is 2.52. The van der Waals surface area contributed by atoms with Gasteiger partial charge in [0, 0.05) is 19.1 Å². The normalized spacial score (nSPS) is 11.7. The Balaban J connectivity index is 2.51. The van der Waals surface area contributed by atoms with Crippen LogP contribution in [0.3, 0.4) is 0 Å². The van der Waals surface area contributed by atoms with Gasteiger partial charge in [0.05, 0.1) is 6.61 Å². The molecular formula is C9H17N3OS. The van der Waals surface area contributed by atoms with Crippen molar-refractivity contribution < 1.29 is 4.74 Å². The van der Waals surface area contributed by atoms with E-state index in [9.17, 15) is 0 Å².